The topological polar surface area (TPSA) is 116 Å². The first-order valence-corrected chi connectivity index (χ1v) is 3.94. The molecular weight excluding hydrogens is 196 g/mol. The van der Waals surface area contributed by atoms with Crippen LogP contribution in [0.15, 0.2) is 0 Å². The van der Waals surface area contributed by atoms with Crippen LogP contribution in [-0.4, -0.2) is 64.2 Å². The number of ether oxygens (including phenoxy) is 2. The molecule has 4 N–H and O–H groups in total. The van der Waals surface area contributed by atoms with E-state index in [2.05, 4.69) is 9.47 Å². The predicted octanol–water partition coefficient (Wildman–Crippen LogP) is -2.47. The molecule has 1 aliphatic rings. The van der Waals surface area contributed by atoms with Gasteiger partial charge >= 0.3 is 5.97 Å². The number of aliphatic hydroxyl groups is 3. The first-order valence-electron chi connectivity index (χ1n) is 3.94. The number of hydrogen-bond donors (Lipinski definition) is 4. The van der Waals surface area contributed by atoms with E-state index in [1.807, 2.05) is 0 Å². The summed E-state index contributed by atoms with van der Waals surface area (Å²) >= 11 is 0. The molecule has 82 valence electrons. The van der Waals surface area contributed by atoms with Crippen LogP contribution in [-0.2, 0) is 14.3 Å². The molecule has 0 aromatic rings. The molecule has 7 nitrogen and oxygen atoms in total. The molecule has 0 radical (unpaired) electrons. The Bertz CT molecular complexity index is 218. The van der Waals surface area contributed by atoms with Gasteiger partial charge in [0, 0.05) is 7.11 Å². The van der Waals surface area contributed by atoms with Crippen LogP contribution in [0, 0.1) is 0 Å². The number of aliphatic hydroxyl groups excluding tert-OH is 3. The molecule has 0 aliphatic carbocycles. The SMILES string of the molecule is CO[C@H]1[C@H](O)[C@@H](O)[C@H](O)O[C@@H]1C(=O)O. The zero-order chi connectivity index (χ0) is 10.9. The Balaban J connectivity index is 2.82. The first-order chi connectivity index (χ1) is 6.49. The van der Waals surface area contributed by atoms with Crippen molar-refractivity contribution >= 4 is 5.97 Å². The first kappa shape index (κ1) is 11.3. The minimum atomic E-state index is -1.72. The molecular formula is C7H12O7. The second-order valence-electron chi connectivity index (χ2n) is 2.97. The van der Waals surface area contributed by atoms with Crippen molar-refractivity contribution in [2.24, 2.45) is 0 Å². The summed E-state index contributed by atoms with van der Waals surface area (Å²) in [6.45, 7) is 0. The maximum Gasteiger partial charge on any atom is 0.335 e. The molecule has 1 saturated heterocycles. The van der Waals surface area contributed by atoms with Gasteiger partial charge in [0.15, 0.2) is 12.4 Å². The Hall–Kier alpha value is -0.730. The Morgan fingerprint density at radius 3 is 2.29 bits per heavy atom. The summed E-state index contributed by atoms with van der Waals surface area (Å²) in [6.07, 6.45) is -7.49. The van der Waals surface area contributed by atoms with E-state index < -0.39 is 36.7 Å². The zero-order valence-electron chi connectivity index (χ0n) is 7.40. The molecule has 1 aliphatic heterocycles. The van der Waals surface area contributed by atoms with Crippen LogP contribution in [0.25, 0.3) is 0 Å². The van der Waals surface area contributed by atoms with Crippen LogP contribution in [0.1, 0.15) is 0 Å². The highest BCUT2D eigenvalue weighted by molar-refractivity contribution is 5.73. The van der Waals surface area contributed by atoms with Crippen molar-refractivity contribution < 1.29 is 34.7 Å². The van der Waals surface area contributed by atoms with Crippen LogP contribution in [0.3, 0.4) is 0 Å². The summed E-state index contributed by atoms with van der Waals surface area (Å²) in [5, 5.41) is 36.2. The second-order valence-corrected chi connectivity index (χ2v) is 2.97. The third-order valence-electron chi connectivity index (χ3n) is 2.08. The molecule has 1 heterocycles. The van der Waals surface area contributed by atoms with Gasteiger partial charge in [-0.3, -0.25) is 0 Å². The molecule has 0 amide bonds. The standard InChI is InChI=1S/C7H12O7/c1-13-4-2(8)3(9)7(12)14-5(4)6(10)11/h2-5,7-9,12H,1H3,(H,10,11)/t2-,3-,4+,5+,7-/m1/s1. The van der Waals surface area contributed by atoms with Gasteiger partial charge in [0.2, 0.25) is 0 Å². The lowest BCUT2D eigenvalue weighted by Gasteiger charge is -2.37. The molecule has 0 saturated carbocycles. The molecule has 5 atom stereocenters. The Morgan fingerprint density at radius 1 is 1.29 bits per heavy atom. The number of aliphatic carboxylic acids is 1. The largest absolute Gasteiger partial charge is 0.479 e. The number of hydrogen-bond acceptors (Lipinski definition) is 6. The van der Waals surface area contributed by atoms with Crippen LogP contribution in [0.5, 0.6) is 0 Å². The van der Waals surface area contributed by atoms with Gasteiger partial charge in [-0.25, -0.2) is 4.79 Å². The number of carbonyl (C=O) groups is 1. The fourth-order valence-corrected chi connectivity index (χ4v) is 1.31. The fourth-order valence-electron chi connectivity index (χ4n) is 1.31. The normalized spacial score (nSPS) is 43.6. The quantitative estimate of drug-likeness (QED) is 0.397. The van der Waals surface area contributed by atoms with Crippen LogP contribution < -0.4 is 0 Å². The Labute approximate surface area is 79.5 Å². The van der Waals surface area contributed by atoms with E-state index in [1.54, 1.807) is 0 Å². The van der Waals surface area contributed by atoms with Crippen molar-refractivity contribution in [3.8, 4) is 0 Å². The van der Waals surface area contributed by atoms with Crippen molar-refractivity contribution in [1.29, 1.82) is 0 Å². The van der Waals surface area contributed by atoms with Crippen molar-refractivity contribution in [2.45, 2.75) is 30.7 Å². The van der Waals surface area contributed by atoms with Crippen LogP contribution in [0.4, 0.5) is 0 Å². The molecule has 0 bridgehead atoms. The summed E-state index contributed by atoms with van der Waals surface area (Å²) in [4.78, 5) is 10.6. The summed E-state index contributed by atoms with van der Waals surface area (Å²) in [5.41, 5.74) is 0. The third kappa shape index (κ3) is 1.86. The predicted molar refractivity (Wildman–Crippen MR) is 41.3 cm³/mol. The number of rotatable bonds is 2. The van der Waals surface area contributed by atoms with Gasteiger partial charge in [-0.1, -0.05) is 0 Å². The minimum absolute atomic E-state index is 1.18. The van der Waals surface area contributed by atoms with Gasteiger partial charge in [0.05, 0.1) is 0 Å². The lowest BCUT2D eigenvalue weighted by Crippen LogP contribution is -2.60. The van der Waals surface area contributed by atoms with Crippen molar-refractivity contribution in [3.63, 3.8) is 0 Å². The van der Waals surface area contributed by atoms with E-state index in [-0.39, 0.29) is 0 Å². The van der Waals surface area contributed by atoms with Gasteiger partial charge in [0.1, 0.15) is 18.3 Å². The smallest absolute Gasteiger partial charge is 0.335 e. The Kier molecular flexibility index (Phi) is 3.40. The fraction of sp³-hybridized carbons (Fsp3) is 0.857. The van der Waals surface area contributed by atoms with Crippen molar-refractivity contribution in [3.05, 3.63) is 0 Å². The average Bonchev–Trinajstić information content (AvgIpc) is 2.13. The van der Waals surface area contributed by atoms with Gasteiger partial charge in [-0.05, 0) is 0 Å². The van der Waals surface area contributed by atoms with Crippen LogP contribution in [0.2, 0.25) is 0 Å². The molecule has 0 aromatic heterocycles. The molecule has 7 heteroatoms. The van der Waals surface area contributed by atoms with Gasteiger partial charge in [-0.2, -0.15) is 0 Å². The van der Waals surface area contributed by atoms with E-state index in [1.165, 1.54) is 7.11 Å². The van der Waals surface area contributed by atoms with Crippen molar-refractivity contribution in [1.82, 2.24) is 0 Å². The van der Waals surface area contributed by atoms with Gasteiger partial charge in [0.25, 0.3) is 0 Å². The van der Waals surface area contributed by atoms with Crippen molar-refractivity contribution in [2.75, 3.05) is 7.11 Å². The van der Waals surface area contributed by atoms with E-state index >= 15 is 0 Å². The molecule has 0 spiro atoms. The summed E-state index contributed by atoms with van der Waals surface area (Å²) < 4.78 is 9.22. The average molecular weight is 208 g/mol. The Morgan fingerprint density at radius 2 is 1.86 bits per heavy atom. The van der Waals surface area contributed by atoms with Gasteiger partial charge < -0.3 is 29.9 Å². The lowest BCUT2D eigenvalue weighted by molar-refractivity contribution is -0.283. The van der Waals surface area contributed by atoms with Gasteiger partial charge in [-0.15, -0.1) is 0 Å². The highest BCUT2D eigenvalue weighted by Crippen LogP contribution is 2.21. The van der Waals surface area contributed by atoms with E-state index in [0.29, 0.717) is 0 Å². The highest BCUT2D eigenvalue weighted by Gasteiger charge is 2.47. The second kappa shape index (κ2) is 4.20. The monoisotopic (exact) mass is 208 g/mol. The van der Waals surface area contributed by atoms with E-state index in [4.69, 9.17) is 15.3 Å². The summed E-state index contributed by atoms with van der Waals surface area (Å²) in [6, 6.07) is 0. The maximum atomic E-state index is 10.6. The molecule has 0 unspecified atom stereocenters. The molecule has 1 rings (SSSR count). The summed E-state index contributed by atoms with van der Waals surface area (Å²) in [7, 11) is 1.18. The number of methoxy groups -OCH3 is 1. The van der Waals surface area contributed by atoms with Crippen LogP contribution >= 0.6 is 0 Å². The zero-order valence-corrected chi connectivity index (χ0v) is 7.40. The number of carboxylic acids is 1. The molecule has 14 heavy (non-hydrogen) atoms. The summed E-state index contributed by atoms with van der Waals surface area (Å²) in [5.74, 6) is -1.37. The molecule has 0 aromatic carbocycles. The number of carboxylic acid groups (broad SMARTS) is 1. The molecule has 1 fully saturated rings. The maximum absolute atomic E-state index is 10.6. The highest BCUT2D eigenvalue weighted by atomic mass is 16.7. The third-order valence-corrected chi connectivity index (χ3v) is 2.08. The lowest BCUT2D eigenvalue weighted by atomic mass is 9.99. The van der Waals surface area contributed by atoms with E-state index in [0.717, 1.165) is 0 Å². The van der Waals surface area contributed by atoms with E-state index in [9.17, 15) is 9.90 Å². The minimum Gasteiger partial charge on any atom is -0.479 e.